The van der Waals surface area contributed by atoms with E-state index in [0.29, 0.717) is 12.6 Å². The second-order valence-corrected chi connectivity index (χ2v) is 3.23. The van der Waals surface area contributed by atoms with Crippen molar-refractivity contribution < 1.29 is 0 Å². The Bertz CT molecular complexity index is 265. The second kappa shape index (κ2) is 4.89. The van der Waals surface area contributed by atoms with Crippen molar-refractivity contribution in [3.05, 3.63) is 23.3 Å². The molecule has 1 aliphatic rings. The highest BCUT2D eigenvalue weighted by Crippen LogP contribution is 2.30. The van der Waals surface area contributed by atoms with E-state index in [1.807, 2.05) is 0 Å². The second-order valence-electron chi connectivity index (χ2n) is 3.23. The molecule has 0 saturated heterocycles. The van der Waals surface area contributed by atoms with Crippen LogP contribution in [0.15, 0.2) is 23.3 Å². The van der Waals surface area contributed by atoms with Gasteiger partial charge < -0.3 is 0 Å². The maximum absolute atomic E-state index is 5.21. The fourth-order valence-corrected chi connectivity index (χ4v) is 1.92. The topological polar surface area (TPSA) is 12.0 Å². The summed E-state index contributed by atoms with van der Waals surface area (Å²) in [5, 5.41) is 3.35. The van der Waals surface area contributed by atoms with Gasteiger partial charge in [-0.25, -0.2) is 0 Å². The minimum absolute atomic E-state index is 0.479. The molecule has 0 aromatic heterocycles. The lowest BCUT2D eigenvalue weighted by Crippen LogP contribution is -2.27. The number of hydrogen-bond acceptors (Lipinski definition) is 1. The zero-order valence-corrected chi connectivity index (χ0v) is 8.43. The van der Waals surface area contributed by atoms with E-state index in [9.17, 15) is 0 Å². The van der Waals surface area contributed by atoms with Crippen molar-refractivity contribution in [2.75, 3.05) is 6.54 Å². The van der Waals surface area contributed by atoms with Gasteiger partial charge in [0.25, 0.3) is 0 Å². The fraction of sp³-hybridized carbons (Fsp3) is 0.500. The standard InChI is InChI=1S/C12H17N/c1-4-9-13-12-8-7-10(5-2)11(12)6-3/h1,5-6,12-13H,7-9H2,2-3H3. The molecule has 1 N–H and O–H groups in total. The maximum atomic E-state index is 5.21. The van der Waals surface area contributed by atoms with Gasteiger partial charge >= 0.3 is 0 Å². The predicted molar refractivity (Wildman–Crippen MR) is 57.4 cm³/mol. The van der Waals surface area contributed by atoms with Gasteiger partial charge in [-0.3, -0.25) is 5.32 Å². The molecule has 1 unspecified atom stereocenters. The first-order chi connectivity index (χ1) is 6.33. The Morgan fingerprint density at radius 1 is 1.54 bits per heavy atom. The highest BCUT2D eigenvalue weighted by Gasteiger charge is 2.22. The van der Waals surface area contributed by atoms with E-state index < -0.39 is 0 Å². The van der Waals surface area contributed by atoms with Crippen LogP contribution in [0.5, 0.6) is 0 Å². The lowest BCUT2D eigenvalue weighted by Gasteiger charge is -2.12. The average molecular weight is 175 g/mol. The highest BCUT2D eigenvalue weighted by molar-refractivity contribution is 5.39. The van der Waals surface area contributed by atoms with E-state index in [1.54, 1.807) is 0 Å². The molecule has 0 heterocycles. The van der Waals surface area contributed by atoms with Crippen LogP contribution in [0.25, 0.3) is 0 Å². The number of rotatable bonds is 2. The van der Waals surface area contributed by atoms with E-state index in [2.05, 4.69) is 37.2 Å². The van der Waals surface area contributed by atoms with Crippen molar-refractivity contribution in [2.45, 2.75) is 32.7 Å². The first kappa shape index (κ1) is 10.1. The molecule has 1 nitrogen and oxygen atoms in total. The third-order valence-electron chi connectivity index (χ3n) is 2.56. The van der Waals surface area contributed by atoms with E-state index in [4.69, 9.17) is 6.42 Å². The highest BCUT2D eigenvalue weighted by atomic mass is 14.9. The molecule has 0 aliphatic heterocycles. The van der Waals surface area contributed by atoms with Crippen molar-refractivity contribution in [1.29, 1.82) is 0 Å². The third-order valence-corrected chi connectivity index (χ3v) is 2.56. The van der Waals surface area contributed by atoms with Crippen molar-refractivity contribution >= 4 is 0 Å². The Kier molecular flexibility index (Phi) is 3.79. The smallest absolute Gasteiger partial charge is 0.0578 e. The maximum Gasteiger partial charge on any atom is 0.0578 e. The number of terminal acetylenes is 1. The number of hydrogen-bond donors (Lipinski definition) is 1. The molecule has 0 amide bonds. The lowest BCUT2D eigenvalue weighted by molar-refractivity contribution is 0.621. The summed E-state index contributed by atoms with van der Waals surface area (Å²) in [5.41, 5.74) is 2.90. The van der Waals surface area contributed by atoms with Crippen LogP contribution < -0.4 is 5.32 Å². The molecule has 0 aromatic carbocycles. The minimum Gasteiger partial charge on any atom is -0.299 e. The molecule has 1 saturated carbocycles. The van der Waals surface area contributed by atoms with Gasteiger partial charge in [-0.1, -0.05) is 18.1 Å². The summed E-state index contributed by atoms with van der Waals surface area (Å²) in [4.78, 5) is 0. The fourth-order valence-electron chi connectivity index (χ4n) is 1.92. The average Bonchev–Trinajstić information content (AvgIpc) is 2.56. The molecule has 0 radical (unpaired) electrons. The summed E-state index contributed by atoms with van der Waals surface area (Å²) in [6.07, 6.45) is 12.0. The summed E-state index contributed by atoms with van der Waals surface area (Å²) in [6.45, 7) is 4.86. The Morgan fingerprint density at radius 3 is 2.85 bits per heavy atom. The van der Waals surface area contributed by atoms with Gasteiger partial charge in [0.15, 0.2) is 0 Å². The Labute approximate surface area is 80.9 Å². The van der Waals surface area contributed by atoms with Gasteiger partial charge in [-0.05, 0) is 37.8 Å². The van der Waals surface area contributed by atoms with Crippen molar-refractivity contribution in [2.24, 2.45) is 0 Å². The van der Waals surface area contributed by atoms with E-state index in [-0.39, 0.29) is 0 Å². The van der Waals surface area contributed by atoms with Crippen LogP contribution in [-0.4, -0.2) is 12.6 Å². The van der Waals surface area contributed by atoms with Crippen LogP contribution in [0, 0.1) is 12.3 Å². The summed E-state index contributed by atoms with van der Waals surface area (Å²) < 4.78 is 0. The van der Waals surface area contributed by atoms with Gasteiger partial charge in [-0.2, -0.15) is 0 Å². The monoisotopic (exact) mass is 175 g/mol. The molecule has 0 bridgehead atoms. The molecule has 1 aliphatic carbocycles. The summed E-state index contributed by atoms with van der Waals surface area (Å²) in [5.74, 6) is 2.61. The SMILES string of the molecule is C#CCNC1CCC(=CC)C1=CC. The van der Waals surface area contributed by atoms with Crippen molar-refractivity contribution in [3.8, 4) is 12.3 Å². The van der Waals surface area contributed by atoms with Gasteiger partial charge in [0.05, 0.1) is 6.54 Å². The molecule has 13 heavy (non-hydrogen) atoms. The van der Waals surface area contributed by atoms with Crippen molar-refractivity contribution in [3.63, 3.8) is 0 Å². The Hall–Kier alpha value is -1.00. The van der Waals surface area contributed by atoms with Crippen LogP contribution in [-0.2, 0) is 0 Å². The van der Waals surface area contributed by atoms with Gasteiger partial charge in [-0.15, -0.1) is 6.42 Å². The predicted octanol–water partition coefficient (Wildman–Crippen LogP) is 2.26. The normalized spacial score (nSPS) is 28.2. The molecule has 70 valence electrons. The molecule has 1 rings (SSSR count). The van der Waals surface area contributed by atoms with Crippen molar-refractivity contribution in [1.82, 2.24) is 5.32 Å². The molecule has 1 heteroatoms. The summed E-state index contributed by atoms with van der Waals surface area (Å²) in [6, 6.07) is 0.479. The van der Waals surface area contributed by atoms with E-state index in [0.717, 1.165) is 0 Å². The number of nitrogens with one attached hydrogen (secondary N) is 1. The van der Waals surface area contributed by atoms with E-state index in [1.165, 1.54) is 24.0 Å². The summed E-state index contributed by atoms with van der Waals surface area (Å²) >= 11 is 0. The third kappa shape index (κ3) is 2.23. The van der Waals surface area contributed by atoms with Crippen LogP contribution >= 0.6 is 0 Å². The van der Waals surface area contributed by atoms with Gasteiger partial charge in [0.1, 0.15) is 0 Å². The first-order valence-corrected chi connectivity index (χ1v) is 4.82. The largest absolute Gasteiger partial charge is 0.299 e. The van der Waals surface area contributed by atoms with Crippen LogP contribution in [0.1, 0.15) is 26.7 Å². The molecule has 0 spiro atoms. The van der Waals surface area contributed by atoms with Gasteiger partial charge in [0, 0.05) is 6.04 Å². The molecule has 1 fully saturated rings. The van der Waals surface area contributed by atoms with E-state index >= 15 is 0 Å². The Balaban J connectivity index is 2.65. The molecule has 0 aromatic rings. The quantitative estimate of drug-likeness (QED) is 0.635. The van der Waals surface area contributed by atoms with Crippen LogP contribution in [0.2, 0.25) is 0 Å². The first-order valence-electron chi connectivity index (χ1n) is 4.82. The zero-order valence-electron chi connectivity index (χ0n) is 8.43. The zero-order chi connectivity index (χ0) is 9.68. The minimum atomic E-state index is 0.479. The van der Waals surface area contributed by atoms with Crippen LogP contribution in [0.4, 0.5) is 0 Å². The molecular weight excluding hydrogens is 158 g/mol. The Morgan fingerprint density at radius 2 is 2.31 bits per heavy atom. The van der Waals surface area contributed by atoms with Crippen LogP contribution in [0.3, 0.4) is 0 Å². The molecule has 1 atom stereocenters. The number of allylic oxidation sites excluding steroid dienone is 2. The lowest BCUT2D eigenvalue weighted by atomic mass is 10.1. The molecular formula is C12H17N. The summed E-state index contributed by atoms with van der Waals surface area (Å²) in [7, 11) is 0. The van der Waals surface area contributed by atoms with Gasteiger partial charge in [0.2, 0.25) is 0 Å².